The van der Waals surface area contributed by atoms with Gasteiger partial charge in [0.15, 0.2) is 17.6 Å². The Balaban J connectivity index is 1.29. The average Bonchev–Trinajstić information content (AvgIpc) is 3.22. The molecule has 1 atom stereocenters. The standard InChI is InChI=1S/C23H21NO5/c1-16(23(25)24-18-7-12-21-22(13-18)28-15-27-21)29-20-10-8-19(9-11-20)26-14-17-5-3-2-4-6-17/h2-13,16H,14-15H2,1H3,(H,24,25)/t16-/m0/s1. The summed E-state index contributed by atoms with van der Waals surface area (Å²) in [4.78, 5) is 12.4. The maximum absolute atomic E-state index is 12.4. The average molecular weight is 391 g/mol. The zero-order valence-electron chi connectivity index (χ0n) is 16.0. The molecular formula is C23H21NO5. The number of anilines is 1. The minimum Gasteiger partial charge on any atom is -0.489 e. The van der Waals surface area contributed by atoms with Crippen molar-refractivity contribution < 1.29 is 23.7 Å². The molecule has 1 amide bonds. The molecule has 0 unspecified atom stereocenters. The molecule has 0 bridgehead atoms. The van der Waals surface area contributed by atoms with Gasteiger partial charge in [-0.05, 0) is 48.9 Å². The normalized spacial score (nSPS) is 12.9. The van der Waals surface area contributed by atoms with Crippen LogP contribution in [0.2, 0.25) is 0 Å². The van der Waals surface area contributed by atoms with Crippen LogP contribution in [0.3, 0.4) is 0 Å². The van der Waals surface area contributed by atoms with E-state index in [2.05, 4.69) is 5.32 Å². The first kappa shape index (κ1) is 18.7. The van der Waals surface area contributed by atoms with E-state index in [0.717, 1.165) is 11.3 Å². The lowest BCUT2D eigenvalue weighted by atomic mass is 10.2. The fourth-order valence-corrected chi connectivity index (χ4v) is 2.83. The molecule has 4 rings (SSSR count). The molecular weight excluding hydrogens is 370 g/mol. The highest BCUT2D eigenvalue weighted by Gasteiger charge is 2.18. The van der Waals surface area contributed by atoms with E-state index in [1.807, 2.05) is 42.5 Å². The van der Waals surface area contributed by atoms with Gasteiger partial charge < -0.3 is 24.3 Å². The number of rotatable bonds is 7. The van der Waals surface area contributed by atoms with Crippen LogP contribution >= 0.6 is 0 Å². The highest BCUT2D eigenvalue weighted by atomic mass is 16.7. The zero-order valence-corrected chi connectivity index (χ0v) is 16.0. The fourth-order valence-electron chi connectivity index (χ4n) is 2.83. The maximum atomic E-state index is 12.4. The smallest absolute Gasteiger partial charge is 0.265 e. The summed E-state index contributed by atoms with van der Waals surface area (Å²) in [5.74, 6) is 2.35. The van der Waals surface area contributed by atoms with Crippen molar-refractivity contribution in [3.8, 4) is 23.0 Å². The molecule has 0 radical (unpaired) electrons. The Morgan fingerprint density at radius 1 is 0.966 bits per heavy atom. The van der Waals surface area contributed by atoms with Gasteiger partial charge in [0.05, 0.1) is 0 Å². The molecule has 148 valence electrons. The zero-order chi connectivity index (χ0) is 20.1. The number of fused-ring (bicyclic) bond motifs is 1. The molecule has 1 aliphatic heterocycles. The van der Waals surface area contributed by atoms with Gasteiger partial charge >= 0.3 is 0 Å². The quantitative estimate of drug-likeness (QED) is 0.647. The molecule has 3 aromatic carbocycles. The van der Waals surface area contributed by atoms with Gasteiger partial charge in [-0.2, -0.15) is 0 Å². The van der Waals surface area contributed by atoms with Crippen LogP contribution in [0.4, 0.5) is 5.69 Å². The minimum atomic E-state index is -0.670. The number of hydrogen-bond donors (Lipinski definition) is 1. The summed E-state index contributed by atoms with van der Waals surface area (Å²) in [6.07, 6.45) is -0.670. The van der Waals surface area contributed by atoms with Crippen molar-refractivity contribution in [3.63, 3.8) is 0 Å². The summed E-state index contributed by atoms with van der Waals surface area (Å²) in [5, 5.41) is 2.82. The Morgan fingerprint density at radius 3 is 2.48 bits per heavy atom. The molecule has 1 N–H and O–H groups in total. The van der Waals surface area contributed by atoms with Crippen molar-refractivity contribution in [2.75, 3.05) is 12.1 Å². The number of carbonyl (C=O) groups excluding carboxylic acids is 1. The predicted octanol–water partition coefficient (Wildman–Crippen LogP) is 4.40. The van der Waals surface area contributed by atoms with E-state index in [4.69, 9.17) is 18.9 Å². The molecule has 0 saturated carbocycles. The predicted molar refractivity (Wildman–Crippen MR) is 109 cm³/mol. The Labute approximate surface area is 169 Å². The van der Waals surface area contributed by atoms with Crippen LogP contribution in [0.25, 0.3) is 0 Å². The number of benzene rings is 3. The van der Waals surface area contributed by atoms with Crippen LogP contribution in [-0.4, -0.2) is 18.8 Å². The van der Waals surface area contributed by atoms with E-state index in [1.54, 1.807) is 37.3 Å². The molecule has 3 aromatic rings. The topological polar surface area (TPSA) is 66.0 Å². The third-order valence-electron chi connectivity index (χ3n) is 4.39. The highest BCUT2D eigenvalue weighted by molar-refractivity contribution is 5.94. The largest absolute Gasteiger partial charge is 0.489 e. The molecule has 0 fully saturated rings. The van der Waals surface area contributed by atoms with Crippen molar-refractivity contribution in [1.82, 2.24) is 0 Å². The van der Waals surface area contributed by atoms with E-state index < -0.39 is 6.10 Å². The van der Waals surface area contributed by atoms with E-state index in [9.17, 15) is 4.79 Å². The Kier molecular flexibility index (Phi) is 5.52. The number of nitrogens with one attached hydrogen (secondary N) is 1. The van der Waals surface area contributed by atoms with Gasteiger partial charge in [-0.25, -0.2) is 0 Å². The third-order valence-corrected chi connectivity index (χ3v) is 4.39. The molecule has 0 aromatic heterocycles. The molecule has 1 heterocycles. The van der Waals surface area contributed by atoms with Crippen LogP contribution in [0.1, 0.15) is 12.5 Å². The van der Waals surface area contributed by atoms with Gasteiger partial charge in [0.1, 0.15) is 18.1 Å². The minimum absolute atomic E-state index is 0.192. The van der Waals surface area contributed by atoms with E-state index in [1.165, 1.54) is 0 Å². The monoisotopic (exact) mass is 391 g/mol. The van der Waals surface area contributed by atoms with Gasteiger partial charge in [-0.15, -0.1) is 0 Å². The first-order chi connectivity index (χ1) is 14.2. The third kappa shape index (κ3) is 4.79. The summed E-state index contributed by atoms with van der Waals surface area (Å²) >= 11 is 0. The van der Waals surface area contributed by atoms with Crippen LogP contribution < -0.4 is 24.3 Å². The summed E-state index contributed by atoms with van der Waals surface area (Å²) in [5.41, 5.74) is 1.72. The van der Waals surface area contributed by atoms with Gasteiger partial charge in [0.25, 0.3) is 5.91 Å². The van der Waals surface area contributed by atoms with Crippen molar-refractivity contribution >= 4 is 11.6 Å². The molecule has 1 aliphatic rings. The lowest BCUT2D eigenvalue weighted by molar-refractivity contribution is -0.122. The van der Waals surface area contributed by atoms with E-state index in [0.29, 0.717) is 29.5 Å². The summed E-state index contributed by atoms with van der Waals surface area (Å²) in [6.45, 7) is 2.38. The highest BCUT2D eigenvalue weighted by Crippen LogP contribution is 2.34. The van der Waals surface area contributed by atoms with Crippen LogP contribution in [-0.2, 0) is 11.4 Å². The lowest BCUT2D eigenvalue weighted by Crippen LogP contribution is -2.30. The number of amides is 1. The summed E-state index contributed by atoms with van der Waals surface area (Å²) in [7, 11) is 0. The molecule has 0 aliphatic carbocycles. The van der Waals surface area contributed by atoms with Crippen LogP contribution in [0.5, 0.6) is 23.0 Å². The second-order valence-corrected chi connectivity index (χ2v) is 6.56. The molecule has 0 spiro atoms. The van der Waals surface area contributed by atoms with Gasteiger partial charge in [0, 0.05) is 11.8 Å². The Morgan fingerprint density at radius 2 is 1.69 bits per heavy atom. The van der Waals surface area contributed by atoms with Gasteiger partial charge in [-0.3, -0.25) is 4.79 Å². The SMILES string of the molecule is C[C@H](Oc1ccc(OCc2ccccc2)cc1)C(=O)Nc1ccc2c(c1)OCO2. The second-order valence-electron chi connectivity index (χ2n) is 6.56. The van der Waals surface area contributed by atoms with Crippen molar-refractivity contribution in [2.45, 2.75) is 19.6 Å². The first-order valence-electron chi connectivity index (χ1n) is 9.31. The van der Waals surface area contributed by atoms with Crippen molar-refractivity contribution in [2.24, 2.45) is 0 Å². The van der Waals surface area contributed by atoms with Crippen LogP contribution in [0, 0.1) is 0 Å². The second kappa shape index (κ2) is 8.56. The lowest BCUT2D eigenvalue weighted by Gasteiger charge is -2.15. The van der Waals surface area contributed by atoms with Gasteiger partial charge in [0.2, 0.25) is 6.79 Å². The fraction of sp³-hybridized carbons (Fsp3) is 0.174. The maximum Gasteiger partial charge on any atom is 0.265 e. The van der Waals surface area contributed by atoms with Crippen molar-refractivity contribution in [3.05, 3.63) is 78.4 Å². The van der Waals surface area contributed by atoms with Crippen LogP contribution in [0.15, 0.2) is 72.8 Å². The van der Waals surface area contributed by atoms with E-state index >= 15 is 0 Å². The number of carbonyl (C=O) groups is 1. The number of hydrogen-bond acceptors (Lipinski definition) is 5. The molecule has 29 heavy (non-hydrogen) atoms. The van der Waals surface area contributed by atoms with Crippen molar-refractivity contribution in [1.29, 1.82) is 0 Å². The first-order valence-corrected chi connectivity index (χ1v) is 9.31. The molecule has 6 nitrogen and oxygen atoms in total. The summed E-state index contributed by atoms with van der Waals surface area (Å²) < 4.78 is 22.1. The Bertz CT molecular complexity index is 972. The number of ether oxygens (including phenoxy) is 4. The van der Waals surface area contributed by atoms with E-state index in [-0.39, 0.29) is 12.7 Å². The summed E-state index contributed by atoms with van der Waals surface area (Å²) in [6, 6.07) is 22.4. The molecule has 6 heteroatoms. The van der Waals surface area contributed by atoms with Gasteiger partial charge in [-0.1, -0.05) is 30.3 Å². The Hall–Kier alpha value is -3.67. The molecule has 0 saturated heterocycles.